The first kappa shape index (κ1) is 12.3. The van der Waals surface area contributed by atoms with Crippen molar-refractivity contribution in [3.05, 3.63) is 12.4 Å². The molecular weight excluding hydrogens is 236 g/mol. The number of thioether (sulfide) groups is 1. The molecule has 0 bridgehead atoms. The predicted molar refractivity (Wildman–Crippen MR) is 69.7 cm³/mol. The lowest BCUT2D eigenvalue weighted by Gasteiger charge is -2.21. The Morgan fingerprint density at radius 3 is 3.18 bits per heavy atom. The van der Waals surface area contributed by atoms with Crippen LogP contribution in [-0.2, 0) is 11.3 Å². The van der Waals surface area contributed by atoms with Gasteiger partial charge in [-0.25, -0.2) is 0 Å². The van der Waals surface area contributed by atoms with Crippen molar-refractivity contribution < 1.29 is 4.79 Å². The van der Waals surface area contributed by atoms with Gasteiger partial charge in [-0.3, -0.25) is 9.48 Å². The topological polar surface area (TPSA) is 72.9 Å². The van der Waals surface area contributed by atoms with E-state index in [0.29, 0.717) is 10.9 Å². The number of nitrogen functional groups attached to an aromatic ring is 1. The molecule has 3 N–H and O–H groups in total. The van der Waals surface area contributed by atoms with E-state index in [0.717, 1.165) is 6.54 Å². The molecule has 2 heterocycles. The third-order valence-electron chi connectivity index (χ3n) is 2.76. The molecule has 1 atom stereocenters. The van der Waals surface area contributed by atoms with Gasteiger partial charge in [-0.15, -0.1) is 0 Å². The third-order valence-corrected chi connectivity index (χ3v) is 4.16. The highest BCUT2D eigenvalue weighted by Crippen LogP contribution is 2.24. The van der Waals surface area contributed by atoms with Crippen LogP contribution in [0, 0.1) is 0 Å². The Balaban J connectivity index is 1.70. The number of nitrogens with two attached hydrogens (primary N) is 1. The smallest absolute Gasteiger partial charge is 0.241 e. The fourth-order valence-electron chi connectivity index (χ4n) is 1.87. The van der Waals surface area contributed by atoms with E-state index in [9.17, 15) is 4.79 Å². The monoisotopic (exact) mass is 254 g/mol. The summed E-state index contributed by atoms with van der Waals surface area (Å²) >= 11 is 1.96. The highest BCUT2D eigenvalue weighted by Gasteiger charge is 2.14. The van der Waals surface area contributed by atoms with Gasteiger partial charge in [-0.05, 0) is 18.6 Å². The summed E-state index contributed by atoms with van der Waals surface area (Å²) in [5.74, 6) is 1.22. The van der Waals surface area contributed by atoms with E-state index in [4.69, 9.17) is 5.73 Å². The molecule has 0 spiro atoms. The van der Waals surface area contributed by atoms with Crippen molar-refractivity contribution in [1.29, 1.82) is 0 Å². The highest BCUT2D eigenvalue weighted by molar-refractivity contribution is 7.99. The van der Waals surface area contributed by atoms with Gasteiger partial charge >= 0.3 is 0 Å². The summed E-state index contributed by atoms with van der Waals surface area (Å²) in [5.41, 5.74) is 6.11. The van der Waals surface area contributed by atoms with Crippen LogP contribution in [0.2, 0.25) is 0 Å². The first-order valence-electron chi connectivity index (χ1n) is 5.90. The Labute approximate surface area is 105 Å². The van der Waals surface area contributed by atoms with Crippen molar-refractivity contribution in [3.63, 3.8) is 0 Å². The number of nitrogens with zero attached hydrogens (tertiary/aromatic N) is 2. The van der Waals surface area contributed by atoms with Crippen LogP contribution in [0.15, 0.2) is 12.4 Å². The summed E-state index contributed by atoms with van der Waals surface area (Å²) in [6.07, 6.45) is 7.00. The number of anilines is 1. The molecule has 1 aliphatic heterocycles. The SMILES string of the molecule is Nc1cnn(CC(=O)NCC2CCCCS2)c1. The maximum Gasteiger partial charge on any atom is 0.241 e. The van der Waals surface area contributed by atoms with Gasteiger partial charge < -0.3 is 11.1 Å². The van der Waals surface area contributed by atoms with E-state index in [2.05, 4.69) is 10.4 Å². The van der Waals surface area contributed by atoms with Crippen LogP contribution < -0.4 is 11.1 Å². The fourth-order valence-corrected chi connectivity index (χ4v) is 3.10. The number of carbonyl (C=O) groups excluding carboxylic acids is 1. The lowest BCUT2D eigenvalue weighted by atomic mass is 10.2. The molecule has 2 rings (SSSR count). The molecule has 0 aromatic carbocycles. The van der Waals surface area contributed by atoms with Crippen LogP contribution in [0.5, 0.6) is 0 Å². The zero-order valence-corrected chi connectivity index (χ0v) is 10.6. The maximum absolute atomic E-state index is 11.6. The van der Waals surface area contributed by atoms with E-state index in [1.54, 1.807) is 17.1 Å². The minimum Gasteiger partial charge on any atom is -0.396 e. The number of carbonyl (C=O) groups is 1. The Hall–Kier alpha value is -1.17. The number of nitrogens with one attached hydrogen (secondary N) is 1. The molecule has 1 unspecified atom stereocenters. The van der Waals surface area contributed by atoms with E-state index >= 15 is 0 Å². The molecule has 5 nitrogen and oxygen atoms in total. The molecule has 1 amide bonds. The van der Waals surface area contributed by atoms with Crippen LogP contribution in [0.25, 0.3) is 0 Å². The largest absolute Gasteiger partial charge is 0.396 e. The van der Waals surface area contributed by atoms with E-state index in [-0.39, 0.29) is 12.5 Å². The predicted octanol–water partition coefficient (Wildman–Crippen LogP) is 0.867. The minimum atomic E-state index is -0.000673. The van der Waals surface area contributed by atoms with Gasteiger partial charge in [-0.1, -0.05) is 6.42 Å². The van der Waals surface area contributed by atoms with Crippen molar-refractivity contribution in [3.8, 4) is 0 Å². The maximum atomic E-state index is 11.6. The Morgan fingerprint density at radius 2 is 2.53 bits per heavy atom. The molecule has 1 aliphatic rings. The lowest BCUT2D eigenvalue weighted by Crippen LogP contribution is -2.34. The Bertz CT molecular complexity index is 373. The third kappa shape index (κ3) is 3.96. The molecule has 17 heavy (non-hydrogen) atoms. The van der Waals surface area contributed by atoms with Crippen molar-refractivity contribution in [1.82, 2.24) is 15.1 Å². The van der Waals surface area contributed by atoms with Crippen molar-refractivity contribution in [2.24, 2.45) is 0 Å². The summed E-state index contributed by atoms with van der Waals surface area (Å²) in [5, 5.41) is 7.50. The first-order chi connectivity index (χ1) is 8.24. The van der Waals surface area contributed by atoms with Crippen LogP contribution in [0.3, 0.4) is 0 Å². The van der Waals surface area contributed by atoms with Crippen molar-refractivity contribution in [2.45, 2.75) is 31.1 Å². The van der Waals surface area contributed by atoms with E-state index in [1.807, 2.05) is 11.8 Å². The Morgan fingerprint density at radius 1 is 1.65 bits per heavy atom. The molecule has 0 radical (unpaired) electrons. The van der Waals surface area contributed by atoms with Crippen LogP contribution in [0.1, 0.15) is 19.3 Å². The molecule has 1 saturated heterocycles. The average molecular weight is 254 g/mol. The number of aromatic nitrogens is 2. The summed E-state index contributed by atoms with van der Waals surface area (Å²) in [6.45, 7) is 1.01. The Kier molecular flexibility index (Phi) is 4.30. The molecule has 94 valence electrons. The van der Waals surface area contributed by atoms with E-state index in [1.165, 1.54) is 25.0 Å². The van der Waals surface area contributed by atoms with Crippen LogP contribution in [0.4, 0.5) is 5.69 Å². The molecule has 1 aromatic rings. The van der Waals surface area contributed by atoms with Gasteiger partial charge in [0.2, 0.25) is 5.91 Å². The van der Waals surface area contributed by atoms with E-state index < -0.39 is 0 Å². The summed E-state index contributed by atoms with van der Waals surface area (Å²) in [7, 11) is 0. The summed E-state index contributed by atoms with van der Waals surface area (Å²) < 4.78 is 1.55. The second kappa shape index (κ2) is 5.95. The number of hydrogen-bond donors (Lipinski definition) is 2. The number of amides is 1. The zero-order chi connectivity index (χ0) is 12.1. The van der Waals surface area contributed by atoms with Gasteiger partial charge in [0.05, 0.1) is 11.9 Å². The van der Waals surface area contributed by atoms with Crippen LogP contribution in [-0.4, -0.2) is 33.2 Å². The summed E-state index contributed by atoms with van der Waals surface area (Å²) in [4.78, 5) is 11.6. The van der Waals surface area contributed by atoms with Gasteiger partial charge in [0.25, 0.3) is 0 Å². The van der Waals surface area contributed by atoms with Gasteiger partial charge in [0.15, 0.2) is 0 Å². The molecule has 0 saturated carbocycles. The molecule has 1 aromatic heterocycles. The van der Waals surface area contributed by atoms with Crippen LogP contribution >= 0.6 is 11.8 Å². The highest BCUT2D eigenvalue weighted by atomic mass is 32.2. The second-order valence-corrected chi connectivity index (χ2v) is 5.67. The van der Waals surface area contributed by atoms with Gasteiger partial charge in [0.1, 0.15) is 6.54 Å². The van der Waals surface area contributed by atoms with Crippen molar-refractivity contribution in [2.75, 3.05) is 18.0 Å². The first-order valence-corrected chi connectivity index (χ1v) is 6.95. The fraction of sp³-hybridized carbons (Fsp3) is 0.636. The number of rotatable bonds is 4. The lowest BCUT2D eigenvalue weighted by molar-refractivity contribution is -0.121. The zero-order valence-electron chi connectivity index (χ0n) is 9.76. The normalized spacial score (nSPS) is 20.1. The average Bonchev–Trinajstić information content (AvgIpc) is 2.73. The second-order valence-electron chi connectivity index (χ2n) is 4.26. The van der Waals surface area contributed by atoms with Gasteiger partial charge in [0, 0.05) is 18.0 Å². The van der Waals surface area contributed by atoms with Crippen molar-refractivity contribution >= 4 is 23.4 Å². The number of hydrogen-bond acceptors (Lipinski definition) is 4. The molecule has 1 fully saturated rings. The standard InChI is InChI=1S/C11H18N4OS/c12-9-5-14-15(7-9)8-11(16)13-6-10-3-1-2-4-17-10/h5,7,10H,1-4,6,8,12H2,(H,13,16). The molecule has 6 heteroatoms. The minimum absolute atomic E-state index is 0.000673. The summed E-state index contributed by atoms with van der Waals surface area (Å²) in [6, 6.07) is 0. The van der Waals surface area contributed by atoms with Gasteiger partial charge in [-0.2, -0.15) is 16.9 Å². The quantitative estimate of drug-likeness (QED) is 0.836. The molecule has 0 aliphatic carbocycles. The molecular formula is C11H18N4OS.